The molecule has 5 heteroatoms. The molecule has 0 aliphatic rings. The summed E-state index contributed by atoms with van der Waals surface area (Å²) in [6, 6.07) is 15.0. The lowest BCUT2D eigenvalue weighted by molar-refractivity contribution is -0.121. The van der Waals surface area contributed by atoms with Crippen molar-refractivity contribution in [1.82, 2.24) is 5.32 Å². The maximum Gasteiger partial charge on any atom is 0.225 e. The van der Waals surface area contributed by atoms with E-state index in [1.54, 1.807) is 13.2 Å². The summed E-state index contributed by atoms with van der Waals surface area (Å²) in [5.41, 5.74) is 2.02. The van der Waals surface area contributed by atoms with Gasteiger partial charge in [-0.3, -0.25) is 4.79 Å². The summed E-state index contributed by atoms with van der Waals surface area (Å²) in [6.45, 7) is 1.73. The Labute approximate surface area is 154 Å². The summed E-state index contributed by atoms with van der Waals surface area (Å²) in [6.07, 6.45) is 1.73. The van der Waals surface area contributed by atoms with Crippen molar-refractivity contribution in [3.63, 3.8) is 0 Å². The zero-order valence-electron chi connectivity index (χ0n) is 14.6. The van der Waals surface area contributed by atoms with Gasteiger partial charge in [0.2, 0.25) is 5.91 Å². The van der Waals surface area contributed by atoms with Crippen LogP contribution in [0.15, 0.2) is 65.3 Å². The fourth-order valence-electron chi connectivity index (χ4n) is 3.34. The Balaban J connectivity index is 1.57. The third-order valence-electron chi connectivity index (χ3n) is 4.71. The van der Waals surface area contributed by atoms with E-state index in [4.69, 9.17) is 4.42 Å². The zero-order valence-corrected chi connectivity index (χ0v) is 14.6. The largest absolute Gasteiger partial charge is 0.464 e. The first-order chi connectivity index (χ1) is 13.0. The number of fused-ring (bicyclic) bond motifs is 3. The number of amides is 1. The van der Waals surface area contributed by atoms with Crippen molar-refractivity contribution < 1.29 is 18.0 Å². The Hall–Kier alpha value is -3.21. The van der Waals surface area contributed by atoms with Crippen LogP contribution in [0, 0.1) is 11.6 Å². The van der Waals surface area contributed by atoms with Crippen molar-refractivity contribution in [2.24, 2.45) is 0 Å². The summed E-state index contributed by atoms with van der Waals surface area (Å²) in [5, 5.41) is 5.84. The summed E-state index contributed by atoms with van der Waals surface area (Å²) in [7, 11) is 0. The Morgan fingerprint density at radius 1 is 1.07 bits per heavy atom. The highest BCUT2D eigenvalue weighted by Gasteiger charge is 2.16. The molecule has 1 aromatic heterocycles. The minimum Gasteiger partial charge on any atom is -0.464 e. The molecule has 1 unspecified atom stereocenters. The molecule has 1 amide bonds. The second kappa shape index (κ2) is 6.83. The summed E-state index contributed by atoms with van der Waals surface area (Å²) < 4.78 is 32.1. The second-order valence-electron chi connectivity index (χ2n) is 6.56. The smallest absolute Gasteiger partial charge is 0.225 e. The first-order valence-electron chi connectivity index (χ1n) is 8.65. The number of benzene rings is 3. The zero-order chi connectivity index (χ0) is 19.0. The van der Waals surface area contributed by atoms with E-state index in [1.807, 2.05) is 36.4 Å². The monoisotopic (exact) mass is 365 g/mol. The van der Waals surface area contributed by atoms with E-state index in [2.05, 4.69) is 5.32 Å². The number of hydrogen-bond donors (Lipinski definition) is 1. The van der Waals surface area contributed by atoms with Crippen molar-refractivity contribution >= 4 is 27.6 Å². The number of carbonyl (C=O) groups is 1. The second-order valence-corrected chi connectivity index (χ2v) is 6.56. The predicted octanol–water partition coefficient (Wildman–Crippen LogP) is 5.28. The minimum absolute atomic E-state index is 0.134. The van der Waals surface area contributed by atoms with Crippen LogP contribution in [-0.4, -0.2) is 5.91 Å². The number of halogens is 2. The highest BCUT2D eigenvalue weighted by molar-refractivity contribution is 6.08. The summed E-state index contributed by atoms with van der Waals surface area (Å²) in [4.78, 5) is 12.5. The van der Waals surface area contributed by atoms with Gasteiger partial charge in [0.05, 0.1) is 18.7 Å². The van der Waals surface area contributed by atoms with Crippen LogP contribution in [0.5, 0.6) is 0 Å². The molecule has 0 bridgehead atoms. The summed E-state index contributed by atoms with van der Waals surface area (Å²) in [5.74, 6) is -2.06. The predicted molar refractivity (Wildman–Crippen MR) is 100 cm³/mol. The number of hydrogen-bond acceptors (Lipinski definition) is 2. The highest BCUT2D eigenvalue weighted by atomic mass is 19.2. The van der Waals surface area contributed by atoms with E-state index in [0.717, 1.165) is 39.4 Å². The van der Waals surface area contributed by atoms with Crippen molar-refractivity contribution in [3.8, 4) is 0 Å². The quantitative estimate of drug-likeness (QED) is 0.534. The number of carbonyl (C=O) groups excluding carboxylic acids is 1. The number of furan rings is 1. The van der Waals surface area contributed by atoms with Gasteiger partial charge in [-0.25, -0.2) is 8.78 Å². The van der Waals surface area contributed by atoms with Crippen LogP contribution in [0.25, 0.3) is 21.7 Å². The van der Waals surface area contributed by atoms with Crippen molar-refractivity contribution in [2.45, 2.75) is 19.4 Å². The molecule has 1 N–H and O–H groups in total. The third kappa shape index (κ3) is 3.28. The first kappa shape index (κ1) is 17.2. The van der Waals surface area contributed by atoms with Crippen LogP contribution in [0.3, 0.4) is 0 Å². The van der Waals surface area contributed by atoms with E-state index >= 15 is 0 Å². The van der Waals surface area contributed by atoms with E-state index in [9.17, 15) is 13.6 Å². The molecule has 3 nitrogen and oxygen atoms in total. The molecule has 0 radical (unpaired) electrons. The molecule has 3 aromatic carbocycles. The van der Waals surface area contributed by atoms with E-state index in [0.29, 0.717) is 5.56 Å². The van der Waals surface area contributed by atoms with E-state index in [-0.39, 0.29) is 12.3 Å². The first-order valence-corrected chi connectivity index (χ1v) is 8.65. The lowest BCUT2D eigenvalue weighted by Crippen LogP contribution is -2.28. The topological polar surface area (TPSA) is 42.2 Å². The number of nitrogens with one attached hydrogen (secondary N) is 1. The van der Waals surface area contributed by atoms with Gasteiger partial charge >= 0.3 is 0 Å². The molecular weight excluding hydrogens is 348 g/mol. The van der Waals surface area contributed by atoms with Gasteiger partial charge in [0.15, 0.2) is 11.6 Å². The fraction of sp³-hybridized carbons (Fsp3) is 0.136. The maximum atomic E-state index is 13.4. The normalized spacial score (nSPS) is 12.4. The van der Waals surface area contributed by atoms with Gasteiger partial charge in [-0.05, 0) is 41.5 Å². The third-order valence-corrected chi connectivity index (χ3v) is 4.71. The molecule has 1 atom stereocenters. The van der Waals surface area contributed by atoms with Crippen LogP contribution in [-0.2, 0) is 11.2 Å². The standard InChI is InChI=1S/C22H17F2NO2/c1-13(15-6-8-18(23)19(24)10-15)25-21(26)11-16-12-27-20-9-7-14-4-2-3-5-17(14)22(16)20/h2-10,12-13H,11H2,1H3,(H,25,26). The molecule has 0 fully saturated rings. The molecule has 27 heavy (non-hydrogen) atoms. The molecule has 136 valence electrons. The van der Waals surface area contributed by atoms with Gasteiger partial charge in [0.25, 0.3) is 0 Å². The average Bonchev–Trinajstić information content (AvgIpc) is 3.07. The highest BCUT2D eigenvalue weighted by Crippen LogP contribution is 2.30. The molecular formula is C22H17F2NO2. The Morgan fingerprint density at radius 2 is 1.89 bits per heavy atom. The van der Waals surface area contributed by atoms with E-state index in [1.165, 1.54) is 6.07 Å². The van der Waals surface area contributed by atoms with Crippen LogP contribution in [0.1, 0.15) is 24.1 Å². The van der Waals surface area contributed by atoms with E-state index < -0.39 is 17.7 Å². The Kier molecular flexibility index (Phi) is 4.36. The van der Waals surface area contributed by atoms with Gasteiger partial charge in [-0.1, -0.05) is 36.4 Å². The molecule has 0 spiro atoms. The van der Waals surface area contributed by atoms with Crippen LogP contribution < -0.4 is 5.32 Å². The van der Waals surface area contributed by atoms with Gasteiger partial charge in [-0.15, -0.1) is 0 Å². The molecule has 0 aliphatic carbocycles. The SMILES string of the molecule is CC(NC(=O)Cc1coc2ccc3ccccc3c12)c1ccc(F)c(F)c1. The minimum atomic E-state index is -0.930. The summed E-state index contributed by atoms with van der Waals surface area (Å²) >= 11 is 0. The van der Waals surface area contributed by atoms with Gasteiger partial charge in [0.1, 0.15) is 5.58 Å². The molecule has 4 aromatic rings. The van der Waals surface area contributed by atoms with Gasteiger partial charge < -0.3 is 9.73 Å². The van der Waals surface area contributed by atoms with Crippen molar-refractivity contribution in [3.05, 3.63) is 83.6 Å². The Bertz CT molecular complexity index is 1150. The molecule has 0 saturated heterocycles. The fourth-order valence-corrected chi connectivity index (χ4v) is 3.34. The molecule has 1 heterocycles. The van der Waals surface area contributed by atoms with Crippen LogP contribution in [0.2, 0.25) is 0 Å². The van der Waals surface area contributed by atoms with Crippen LogP contribution in [0.4, 0.5) is 8.78 Å². The molecule has 0 aliphatic heterocycles. The average molecular weight is 365 g/mol. The maximum absolute atomic E-state index is 13.4. The Morgan fingerprint density at radius 3 is 2.70 bits per heavy atom. The van der Waals surface area contributed by atoms with Crippen molar-refractivity contribution in [1.29, 1.82) is 0 Å². The number of rotatable bonds is 4. The molecule has 0 saturated carbocycles. The van der Waals surface area contributed by atoms with Crippen LogP contribution >= 0.6 is 0 Å². The van der Waals surface area contributed by atoms with Gasteiger partial charge in [0, 0.05) is 10.9 Å². The lowest BCUT2D eigenvalue weighted by atomic mass is 10.0. The molecule has 4 rings (SSSR count). The van der Waals surface area contributed by atoms with Gasteiger partial charge in [-0.2, -0.15) is 0 Å². The van der Waals surface area contributed by atoms with Crippen molar-refractivity contribution in [2.75, 3.05) is 0 Å². The lowest BCUT2D eigenvalue weighted by Gasteiger charge is -2.14.